The van der Waals surface area contributed by atoms with Gasteiger partial charge in [0.25, 0.3) is 5.91 Å². The Labute approximate surface area is 181 Å². The Bertz CT molecular complexity index is 1200. The molecule has 1 amide bonds. The average Bonchev–Trinajstić information content (AvgIpc) is 3.34. The molecular weight excluding hydrogens is 444 g/mol. The van der Waals surface area contributed by atoms with Gasteiger partial charge in [-0.1, -0.05) is 22.0 Å². The molecule has 6 nitrogen and oxygen atoms in total. The van der Waals surface area contributed by atoms with E-state index in [2.05, 4.69) is 31.1 Å². The van der Waals surface area contributed by atoms with Crippen molar-refractivity contribution in [1.82, 2.24) is 15.2 Å². The highest BCUT2D eigenvalue weighted by Gasteiger charge is 2.43. The van der Waals surface area contributed by atoms with Gasteiger partial charge in [0.2, 0.25) is 0 Å². The number of H-pyrrole nitrogens is 1. The second kappa shape index (κ2) is 7.42. The Morgan fingerprint density at radius 1 is 1.07 bits per heavy atom. The molecule has 0 saturated carbocycles. The van der Waals surface area contributed by atoms with Gasteiger partial charge < -0.3 is 4.74 Å². The molecule has 148 valence electrons. The number of aromatic amines is 1. The maximum absolute atomic E-state index is 13.4. The molecule has 5 rings (SSSR count). The van der Waals surface area contributed by atoms with E-state index < -0.39 is 0 Å². The highest BCUT2D eigenvalue weighted by Crippen LogP contribution is 2.45. The minimum Gasteiger partial charge on any atom is -0.497 e. The van der Waals surface area contributed by atoms with Gasteiger partial charge in [-0.3, -0.25) is 19.8 Å². The summed E-state index contributed by atoms with van der Waals surface area (Å²) in [4.78, 5) is 19.5. The van der Waals surface area contributed by atoms with Crippen LogP contribution in [0.25, 0.3) is 11.3 Å². The lowest BCUT2D eigenvalue weighted by Crippen LogP contribution is -2.29. The van der Waals surface area contributed by atoms with Crippen molar-refractivity contribution in [2.24, 2.45) is 0 Å². The molecule has 2 aromatic carbocycles. The van der Waals surface area contributed by atoms with Gasteiger partial charge in [0.05, 0.1) is 18.8 Å². The maximum atomic E-state index is 13.4. The molecule has 3 heterocycles. The van der Waals surface area contributed by atoms with Gasteiger partial charge in [-0.2, -0.15) is 5.10 Å². The maximum Gasteiger partial charge on any atom is 0.277 e. The molecule has 0 bridgehead atoms. The van der Waals surface area contributed by atoms with E-state index in [0.717, 1.165) is 38.3 Å². The molecule has 7 heteroatoms. The van der Waals surface area contributed by atoms with E-state index in [4.69, 9.17) is 4.74 Å². The van der Waals surface area contributed by atoms with E-state index in [0.29, 0.717) is 5.69 Å². The van der Waals surface area contributed by atoms with Crippen LogP contribution < -0.4 is 9.64 Å². The molecule has 1 aliphatic heterocycles. The number of rotatable bonds is 4. The zero-order chi connectivity index (χ0) is 20.7. The molecule has 1 N–H and O–H groups in total. The number of amides is 1. The highest BCUT2D eigenvalue weighted by molar-refractivity contribution is 9.10. The van der Waals surface area contributed by atoms with E-state index in [9.17, 15) is 4.79 Å². The Balaban J connectivity index is 1.69. The van der Waals surface area contributed by atoms with Crippen molar-refractivity contribution in [3.63, 3.8) is 0 Å². The van der Waals surface area contributed by atoms with Crippen LogP contribution in [0.3, 0.4) is 0 Å². The Morgan fingerprint density at radius 2 is 1.83 bits per heavy atom. The second-order valence-corrected chi connectivity index (χ2v) is 7.85. The van der Waals surface area contributed by atoms with Crippen molar-refractivity contribution in [3.05, 3.63) is 94.4 Å². The van der Waals surface area contributed by atoms with Crippen LogP contribution in [0.15, 0.2) is 77.5 Å². The number of hydrogen-bond donors (Lipinski definition) is 1. The van der Waals surface area contributed by atoms with Crippen molar-refractivity contribution in [2.45, 2.75) is 6.04 Å². The number of benzene rings is 2. The summed E-state index contributed by atoms with van der Waals surface area (Å²) in [5.41, 5.74) is 4.73. The quantitative estimate of drug-likeness (QED) is 0.465. The second-order valence-electron chi connectivity index (χ2n) is 6.93. The normalized spacial score (nSPS) is 15.3. The van der Waals surface area contributed by atoms with Crippen LogP contribution in [-0.2, 0) is 0 Å². The van der Waals surface area contributed by atoms with Crippen LogP contribution in [0.4, 0.5) is 5.69 Å². The van der Waals surface area contributed by atoms with Crippen LogP contribution in [0.2, 0.25) is 0 Å². The van der Waals surface area contributed by atoms with Gasteiger partial charge in [0, 0.05) is 33.7 Å². The van der Waals surface area contributed by atoms with Gasteiger partial charge in [0.1, 0.15) is 11.4 Å². The molecule has 0 saturated heterocycles. The van der Waals surface area contributed by atoms with Crippen LogP contribution in [0.5, 0.6) is 5.75 Å². The van der Waals surface area contributed by atoms with Crippen LogP contribution in [0, 0.1) is 0 Å². The van der Waals surface area contributed by atoms with Crippen molar-refractivity contribution in [2.75, 3.05) is 12.0 Å². The van der Waals surface area contributed by atoms with Crippen LogP contribution in [0.1, 0.15) is 27.7 Å². The highest BCUT2D eigenvalue weighted by atomic mass is 79.9. The zero-order valence-electron chi connectivity index (χ0n) is 16.0. The number of halogens is 1. The van der Waals surface area contributed by atoms with E-state index in [1.54, 1.807) is 24.4 Å². The number of aromatic nitrogens is 3. The fraction of sp³-hybridized carbons (Fsp3) is 0.0870. The third-order valence-electron chi connectivity index (χ3n) is 5.24. The molecule has 4 aromatic rings. The number of carbonyl (C=O) groups excluding carboxylic acids is 1. The van der Waals surface area contributed by atoms with Gasteiger partial charge >= 0.3 is 0 Å². The largest absolute Gasteiger partial charge is 0.497 e. The first-order valence-corrected chi connectivity index (χ1v) is 10.2. The molecule has 2 aromatic heterocycles. The standard InChI is InChI=1S/C23H17BrN4O2/c1-30-18-10-4-14(5-11-18)20-19-21(27-26-20)23(29)28(17-8-6-16(24)7-9-17)22(19)15-3-2-12-25-13-15/h2-13,22H,1H3,(H,26,27)/t22-/m1/s1. The fourth-order valence-electron chi connectivity index (χ4n) is 3.84. The molecule has 30 heavy (non-hydrogen) atoms. The topological polar surface area (TPSA) is 71.1 Å². The minimum atomic E-state index is -0.335. The lowest BCUT2D eigenvalue weighted by molar-refractivity contribution is 0.0989. The van der Waals surface area contributed by atoms with Crippen molar-refractivity contribution >= 4 is 27.5 Å². The number of hydrogen-bond acceptors (Lipinski definition) is 4. The zero-order valence-corrected chi connectivity index (χ0v) is 17.6. The molecule has 0 aliphatic carbocycles. The Kier molecular flexibility index (Phi) is 4.59. The summed E-state index contributed by atoms with van der Waals surface area (Å²) >= 11 is 3.46. The summed E-state index contributed by atoms with van der Waals surface area (Å²) in [6, 6.07) is 18.9. The van der Waals surface area contributed by atoms with Crippen LogP contribution >= 0.6 is 15.9 Å². The number of carbonyl (C=O) groups is 1. The molecule has 0 spiro atoms. The van der Waals surface area contributed by atoms with Crippen molar-refractivity contribution in [1.29, 1.82) is 0 Å². The fourth-order valence-corrected chi connectivity index (χ4v) is 4.10. The number of fused-ring (bicyclic) bond motifs is 1. The lowest BCUT2D eigenvalue weighted by atomic mass is 9.97. The first-order chi connectivity index (χ1) is 14.7. The molecule has 0 unspecified atom stereocenters. The van der Waals surface area contributed by atoms with E-state index in [1.165, 1.54) is 0 Å². The van der Waals surface area contributed by atoms with E-state index >= 15 is 0 Å². The van der Waals surface area contributed by atoms with Gasteiger partial charge in [-0.25, -0.2) is 0 Å². The first-order valence-electron chi connectivity index (χ1n) is 9.39. The molecule has 1 atom stereocenters. The molecular formula is C23H17BrN4O2. The summed E-state index contributed by atoms with van der Waals surface area (Å²) in [6.07, 6.45) is 3.52. The predicted molar refractivity (Wildman–Crippen MR) is 118 cm³/mol. The lowest BCUT2D eigenvalue weighted by Gasteiger charge is -2.26. The SMILES string of the molecule is COc1ccc(-c2n[nH]c3c2[C@@H](c2cccnc2)N(c2ccc(Br)cc2)C3=O)cc1. The number of nitrogens with one attached hydrogen (secondary N) is 1. The summed E-state index contributed by atoms with van der Waals surface area (Å²) in [5.74, 6) is 0.649. The predicted octanol–water partition coefficient (Wildman–Crippen LogP) is 4.99. The summed E-state index contributed by atoms with van der Waals surface area (Å²) in [7, 11) is 1.63. The molecule has 0 fully saturated rings. The van der Waals surface area contributed by atoms with Crippen LogP contribution in [-0.4, -0.2) is 28.2 Å². The smallest absolute Gasteiger partial charge is 0.277 e. The van der Waals surface area contributed by atoms with E-state index in [-0.39, 0.29) is 11.9 Å². The van der Waals surface area contributed by atoms with Crippen molar-refractivity contribution < 1.29 is 9.53 Å². The third kappa shape index (κ3) is 2.98. The number of methoxy groups -OCH3 is 1. The number of ether oxygens (including phenoxy) is 1. The first kappa shape index (κ1) is 18.6. The minimum absolute atomic E-state index is 0.117. The number of pyridine rings is 1. The summed E-state index contributed by atoms with van der Waals surface area (Å²) in [6.45, 7) is 0. The van der Waals surface area contributed by atoms with E-state index in [1.807, 2.05) is 60.7 Å². The van der Waals surface area contributed by atoms with Gasteiger partial charge in [0.15, 0.2) is 0 Å². The number of anilines is 1. The van der Waals surface area contributed by atoms with Crippen molar-refractivity contribution in [3.8, 4) is 17.0 Å². The average molecular weight is 461 g/mol. The third-order valence-corrected chi connectivity index (χ3v) is 5.77. The monoisotopic (exact) mass is 460 g/mol. The summed E-state index contributed by atoms with van der Waals surface area (Å²) < 4.78 is 6.22. The number of nitrogens with zero attached hydrogens (tertiary/aromatic N) is 3. The van der Waals surface area contributed by atoms with Gasteiger partial charge in [-0.05, 0) is 60.2 Å². The Hall–Kier alpha value is -3.45. The Morgan fingerprint density at radius 3 is 2.50 bits per heavy atom. The molecule has 1 aliphatic rings. The molecule has 0 radical (unpaired) electrons. The van der Waals surface area contributed by atoms with Gasteiger partial charge in [-0.15, -0.1) is 0 Å². The summed E-state index contributed by atoms with van der Waals surface area (Å²) in [5, 5.41) is 7.46.